The number of rotatable bonds is 6. The van der Waals surface area contributed by atoms with E-state index in [9.17, 15) is 4.79 Å². The second-order valence-electron chi connectivity index (χ2n) is 5.47. The maximum Gasteiger partial charge on any atom is 0.152 e. The third-order valence-corrected chi connectivity index (χ3v) is 3.51. The van der Waals surface area contributed by atoms with E-state index in [-0.39, 0.29) is 0 Å². The summed E-state index contributed by atoms with van der Waals surface area (Å²) in [5, 5.41) is 0. The van der Waals surface area contributed by atoms with Crippen molar-refractivity contribution < 1.29 is 4.79 Å². The number of benzene rings is 1. The Labute approximate surface area is 132 Å². The zero-order valence-corrected chi connectivity index (χ0v) is 13.4. The number of carbonyl (C=O) groups is 1. The van der Waals surface area contributed by atoms with Gasteiger partial charge in [-0.15, -0.1) is 0 Å². The molecular weight excluding hydrogens is 272 g/mol. The van der Waals surface area contributed by atoms with Gasteiger partial charge in [-0.05, 0) is 44.5 Å². The molecule has 2 rings (SSSR count). The van der Waals surface area contributed by atoms with Crippen LogP contribution in [0, 0.1) is 0 Å². The smallest absolute Gasteiger partial charge is 0.152 e. The molecule has 0 aliphatic rings. The van der Waals surface area contributed by atoms with Crippen molar-refractivity contribution in [2.45, 2.75) is 33.4 Å². The summed E-state index contributed by atoms with van der Waals surface area (Å²) in [7, 11) is 0. The van der Waals surface area contributed by atoms with Gasteiger partial charge in [0.15, 0.2) is 6.29 Å². The molecule has 0 unspecified atom stereocenters. The van der Waals surface area contributed by atoms with E-state index in [2.05, 4.69) is 35.9 Å². The molecule has 22 heavy (non-hydrogen) atoms. The van der Waals surface area contributed by atoms with E-state index in [1.165, 1.54) is 5.56 Å². The maximum absolute atomic E-state index is 11.1. The van der Waals surface area contributed by atoms with E-state index in [0.29, 0.717) is 17.3 Å². The molecule has 1 aromatic heterocycles. The molecule has 2 aromatic rings. The normalized spacial score (nSPS) is 11.1. The van der Waals surface area contributed by atoms with Crippen LogP contribution in [-0.4, -0.2) is 17.3 Å². The first-order valence-electron chi connectivity index (χ1n) is 7.55. The van der Waals surface area contributed by atoms with Crippen molar-refractivity contribution in [3.8, 4) is 0 Å². The first kappa shape index (κ1) is 16.0. The predicted octanol–water partition coefficient (Wildman–Crippen LogP) is 4.34. The highest BCUT2D eigenvalue weighted by Crippen LogP contribution is 2.20. The van der Waals surface area contributed by atoms with Crippen molar-refractivity contribution in [3.05, 3.63) is 65.4 Å². The van der Waals surface area contributed by atoms with Crippen molar-refractivity contribution >= 4 is 18.2 Å². The minimum absolute atomic E-state index is 0.313. The second-order valence-corrected chi connectivity index (χ2v) is 5.47. The standard InChI is InChI=1S/C19H22N2O/c1-4-8-18-17(14-22)11-12-19(20-18)21(15(2)3)13-16-9-6-5-7-10-16/h4-12,14-15H,13H2,1-3H3/b8-4+. The number of nitrogens with zero attached hydrogens (tertiary/aromatic N) is 2. The summed E-state index contributed by atoms with van der Waals surface area (Å²) < 4.78 is 0. The van der Waals surface area contributed by atoms with Crippen LogP contribution in [0.5, 0.6) is 0 Å². The fraction of sp³-hybridized carbons (Fsp3) is 0.263. The molecule has 0 atom stereocenters. The highest BCUT2D eigenvalue weighted by atomic mass is 16.1. The Bertz CT molecular complexity index is 648. The molecule has 1 aromatic carbocycles. The molecule has 0 aliphatic heterocycles. The zero-order valence-electron chi connectivity index (χ0n) is 13.4. The Morgan fingerprint density at radius 2 is 1.86 bits per heavy atom. The summed E-state index contributed by atoms with van der Waals surface area (Å²) in [4.78, 5) is 18.0. The fourth-order valence-electron chi connectivity index (χ4n) is 2.33. The minimum Gasteiger partial charge on any atom is -0.350 e. The van der Waals surface area contributed by atoms with E-state index in [1.54, 1.807) is 0 Å². The SMILES string of the molecule is C/C=C/c1nc(N(Cc2ccccc2)C(C)C)ccc1C=O. The van der Waals surface area contributed by atoms with E-state index in [4.69, 9.17) is 0 Å². The first-order chi connectivity index (χ1) is 10.7. The minimum atomic E-state index is 0.313. The third kappa shape index (κ3) is 3.82. The summed E-state index contributed by atoms with van der Waals surface area (Å²) in [6.07, 6.45) is 4.62. The van der Waals surface area contributed by atoms with Crippen LogP contribution in [0.1, 0.15) is 42.4 Å². The lowest BCUT2D eigenvalue weighted by atomic mass is 10.1. The number of hydrogen-bond acceptors (Lipinski definition) is 3. The molecule has 0 amide bonds. The van der Waals surface area contributed by atoms with Gasteiger partial charge < -0.3 is 4.90 Å². The van der Waals surface area contributed by atoms with Crippen LogP contribution >= 0.6 is 0 Å². The Hall–Kier alpha value is -2.42. The Kier molecular flexibility index (Phi) is 5.48. The molecular formula is C19H22N2O. The number of allylic oxidation sites excluding steroid dienone is 1. The zero-order chi connectivity index (χ0) is 15.9. The van der Waals surface area contributed by atoms with Gasteiger partial charge in [0.1, 0.15) is 5.82 Å². The molecule has 0 saturated heterocycles. The summed E-state index contributed by atoms with van der Waals surface area (Å²) >= 11 is 0. The highest BCUT2D eigenvalue weighted by molar-refractivity contribution is 5.81. The van der Waals surface area contributed by atoms with Gasteiger partial charge in [-0.1, -0.05) is 36.4 Å². The predicted molar refractivity (Wildman–Crippen MR) is 92.1 cm³/mol. The number of pyridine rings is 1. The number of anilines is 1. The van der Waals surface area contributed by atoms with Crippen LogP contribution in [-0.2, 0) is 6.54 Å². The molecule has 0 bridgehead atoms. The van der Waals surface area contributed by atoms with Crippen molar-refractivity contribution in [2.75, 3.05) is 4.90 Å². The van der Waals surface area contributed by atoms with Crippen LogP contribution in [0.4, 0.5) is 5.82 Å². The van der Waals surface area contributed by atoms with Crippen LogP contribution in [0.2, 0.25) is 0 Å². The average molecular weight is 294 g/mol. The van der Waals surface area contributed by atoms with Crippen molar-refractivity contribution in [3.63, 3.8) is 0 Å². The van der Waals surface area contributed by atoms with Crippen LogP contribution in [0.25, 0.3) is 6.08 Å². The van der Waals surface area contributed by atoms with Gasteiger partial charge in [-0.25, -0.2) is 4.98 Å². The van der Waals surface area contributed by atoms with Gasteiger partial charge in [0.2, 0.25) is 0 Å². The third-order valence-electron chi connectivity index (χ3n) is 3.51. The first-order valence-corrected chi connectivity index (χ1v) is 7.55. The molecule has 0 N–H and O–H groups in total. The largest absolute Gasteiger partial charge is 0.350 e. The molecule has 3 heteroatoms. The van der Waals surface area contributed by atoms with E-state index in [1.807, 2.05) is 49.4 Å². The van der Waals surface area contributed by atoms with Crippen molar-refractivity contribution in [1.29, 1.82) is 0 Å². The quantitative estimate of drug-likeness (QED) is 0.743. The monoisotopic (exact) mass is 294 g/mol. The number of aldehydes is 1. The van der Waals surface area contributed by atoms with Crippen molar-refractivity contribution in [2.24, 2.45) is 0 Å². The Balaban J connectivity index is 2.36. The number of carbonyl (C=O) groups excluding carboxylic acids is 1. The van der Waals surface area contributed by atoms with Gasteiger partial charge in [0.05, 0.1) is 5.69 Å². The van der Waals surface area contributed by atoms with E-state index >= 15 is 0 Å². The van der Waals surface area contributed by atoms with Gasteiger partial charge in [-0.2, -0.15) is 0 Å². The van der Waals surface area contributed by atoms with Gasteiger partial charge in [0, 0.05) is 18.2 Å². The molecule has 1 heterocycles. The molecule has 0 fully saturated rings. The van der Waals surface area contributed by atoms with E-state index in [0.717, 1.165) is 18.6 Å². The molecule has 0 aliphatic carbocycles. The van der Waals surface area contributed by atoms with Gasteiger partial charge in [0.25, 0.3) is 0 Å². The van der Waals surface area contributed by atoms with Crippen LogP contribution in [0.3, 0.4) is 0 Å². The Morgan fingerprint density at radius 1 is 1.14 bits per heavy atom. The number of hydrogen-bond donors (Lipinski definition) is 0. The molecule has 3 nitrogen and oxygen atoms in total. The summed E-state index contributed by atoms with van der Waals surface area (Å²) in [5.41, 5.74) is 2.57. The Morgan fingerprint density at radius 3 is 2.45 bits per heavy atom. The maximum atomic E-state index is 11.1. The molecule has 0 radical (unpaired) electrons. The van der Waals surface area contributed by atoms with Gasteiger partial charge in [-0.3, -0.25) is 4.79 Å². The van der Waals surface area contributed by atoms with Crippen LogP contribution in [0.15, 0.2) is 48.5 Å². The van der Waals surface area contributed by atoms with Gasteiger partial charge >= 0.3 is 0 Å². The second kappa shape index (κ2) is 7.55. The van der Waals surface area contributed by atoms with E-state index < -0.39 is 0 Å². The highest BCUT2D eigenvalue weighted by Gasteiger charge is 2.14. The molecule has 114 valence electrons. The van der Waals surface area contributed by atoms with Crippen molar-refractivity contribution in [1.82, 2.24) is 4.98 Å². The molecule has 0 spiro atoms. The lowest BCUT2D eigenvalue weighted by molar-refractivity contribution is 0.112. The lowest BCUT2D eigenvalue weighted by Gasteiger charge is -2.28. The summed E-state index contributed by atoms with van der Waals surface area (Å²) in [5.74, 6) is 0.887. The van der Waals surface area contributed by atoms with Crippen LogP contribution < -0.4 is 4.90 Å². The summed E-state index contributed by atoms with van der Waals surface area (Å²) in [6.45, 7) is 7.01. The topological polar surface area (TPSA) is 33.2 Å². The number of aromatic nitrogens is 1. The summed E-state index contributed by atoms with van der Waals surface area (Å²) in [6, 6.07) is 14.4. The average Bonchev–Trinajstić information content (AvgIpc) is 2.53. The fourth-order valence-corrected chi connectivity index (χ4v) is 2.33. The lowest BCUT2D eigenvalue weighted by Crippen LogP contribution is -2.31. The molecule has 0 saturated carbocycles.